The molecule has 1 aliphatic rings. The van der Waals surface area contributed by atoms with Gasteiger partial charge in [0.2, 0.25) is 0 Å². The van der Waals surface area contributed by atoms with Gasteiger partial charge in [0.15, 0.2) is 0 Å². The molecule has 100 valence electrons. The molecule has 0 aromatic heterocycles. The summed E-state index contributed by atoms with van der Waals surface area (Å²) >= 11 is 0. The van der Waals surface area contributed by atoms with Crippen molar-refractivity contribution in [3.8, 4) is 0 Å². The summed E-state index contributed by atoms with van der Waals surface area (Å²) in [7, 11) is 0. The van der Waals surface area contributed by atoms with Crippen LogP contribution in [0.1, 0.15) is 31.9 Å². The van der Waals surface area contributed by atoms with Gasteiger partial charge < -0.3 is 15.7 Å². The number of likely N-dealkylation sites (tertiary alicyclic amines) is 1. The summed E-state index contributed by atoms with van der Waals surface area (Å²) in [5, 5.41) is 10.2. The van der Waals surface area contributed by atoms with E-state index in [0.717, 1.165) is 30.5 Å². The van der Waals surface area contributed by atoms with E-state index in [4.69, 9.17) is 5.73 Å². The SMILES string of the molecule is CC(C)C1CCN(CC(O)c2cccc(N)c2)C1. The Morgan fingerprint density at radius 3 is 2.83 bits per heavy atom. The number of aliphatic hydroxyl groups is 1. The molecule has 0 bridgehead atoms. The van der Waals surface area contributed by atoms with Crippen molar-refractivity contribution in [2.24, 2.45) is 11.8 Å². The van der Waals surface area contributed by atoms with Crippen LogP contribution in [-0.4, -0.2) is 29.6 Å². The van der Waals surface area contributed by atoms with Crippen molar-refractivity contribution in [1.29, 1.82) is 0 Å². The Morgan fingerprint density at radius 2 is 2.22 bits per heavy atom. The van der Waals surface area contributed by atoms with E-state index >= 15 is 0 Å². The van der Waals surface area contributed by atoms with Crippen LogP contribution >= 0.6 is 0 Å². The van der Waals surface area contributed by atoms with E-state index in [0.29, 0.717) is 12.2 Å². The quantitative estimate of drug-likeness (QED) is 0.804. The Bertz CT molecular complexity index is 392. The van der Waals surface area contributed by atoms with Gasteiger partial charge in [-0.2, -0.15) is 0 Å². The average Bonchev–Trinajstić information content (AvgIpc) is 2.77. The third-order valence-corrected chi connectivity index (χ3v) is 3.98. The first-order chi connectivity index (χ1) is 8.56. The van der Waals surface area contributed by atoms with Crippen molar-refractivity contribution in [2.75, 3.05) is 25.4 Å². The zero-order valence-electron chi connectivity index (χ0n) is 11.3. The monoisotopic (exact) mass is 248 g/mol. The number of nitrogens with two attached hydrogens (primary N) is 1. The Morgan fingerprint density at radius 1 is 1.44 bits per heavy atom. The van der Waals surface area contributed by atoms with Crippen molar-refractivity contribution in [3.05, 3.63) is 29.8 Å². The van der Waals surface area contributed by atoms with E-state index in [1.54, 1.807) is 0 Å². The lowest BCUT2D eigenvalue weighted by molar-refractivity contribution is 0.123. The van der Waals surface area contributed by atoms with E-state index in [-0.39, 0.29) is 0 Å². The minimum atomic E-state index is -0.431. The molecule has 0 radical (unpaired) electrons. The van der Waals surface area contributed by atoms with Crippen LogP contribution in [0, 0.1) is 11.8 Å². The number of aliphatic hydroxyl groups excluding tert-OH is 1. The van der Waals surface area contributed by atoms with E-state index in [2.05, 4.69) is 18.7 Å². The van der Waals surface area contributed by atoms with E-state index in [1.165, 1.54) is 6.42 Å². The van der Waals surface area contributed by atoms with E-state index < -0.39 is 6.10 Å². The van der Waals surface area contributed by atoms with Gasteiger partial charge in [-0.3, -0.25) is 0 Å². The zero-order valence-corrected chi connectivity index (χ0v) is 11.3. The van der Waals surface area contributed by atoms with Crippen LogP contribution in [-0.2, 0) is 0 Å². The number of hydrogen-bond acceptors (Lipinski definition) is 3. The van der Waals surface area contributed by atoms with Gasteiger partial charge in [0, 0.05) is 18.8 Å². The molecule has 2 unspecified atom stereocenters. The molecule has 3 heteroatoms. The second-order valence-corrected chi connectivity index (χ2v) is 5.74. The molecule has 1 aliphatic heterocycles. The smallest absolute Gasteiger partial charge is 0.0917 e. The minimum Gasteiger partial charge on any atom is -0.399 e. The number of benzene rings is 1. The van der Waals surface area contributed by atoms with Gasteiger partial charge >= 0.3 is 0 Å². The fraction of sp³-hybridized carbons (Fsp3) is 0.600. The summed E-state index contributed by atoms with van der Waals surface area (Å²) in [6.07, 6.45) is 0.820. The maximum Gasteiger partial charge on any atom is 0.0917 e. The maximum atomic E-state index is 10.2. The van der Waals surface area contributed by atoms with E-state index in [1.807, 2.05) is 24.3 Å². The molecule has 3 N–H and O–H groups in total. The summed E-state index contributed by atoms with van der Waals surface area (Å²) in [5.74, 6) is 1.51. The molecule has 2 atom stereocenters. The van der Waals surface area contributed by atoms with Crippen molar-refractivity contribution < 1.29 is 5.11 Å². The lowest BCUT2D eigenvalue weighted by Crippen LogP contribution is -2.27. The van der Waals surface area contributed by atoms with Crippen LogP contribution in [0.15, 0.2) is 24.3 Å². The van der Waals surface area contributed by atoms with Gasteiger partial charge in [-0.25, -0.2) is 0 Å². The minimum absolute atomic E-state index is 0.431. The highest BCUT2D eigenvalue weighted by molar-refractivity contribution is 5.41. The van der Waals surface area contributed by atoms with Gasteiger partial charge in [-0.05, 0) is 42.5 Å². The molecule has 1 fully saturated rings. The van der Waals surface area contributed by atoms with Crippen LogP contribution in [0.3, 0.4) is 0 Å². The Labute approximate surface area is 110 Å². The topological polar surface area (TPSA) is 49.5 Å². The van der Waals surface area contributed by atoms with Crippen LogP contribution < -0.4 is 5.73 Å². The molecular formula is C15H24N2O. The Kier molecular flexibility index (Phi) is 4.25. The van der Waals surface area contributed by atoms with Crippen LogP contribution in [0.5, 0.6) is 0 Å². The second kappa shape index (κ2) is 5.72. The van der Waals surface area contributed by atoms with Crippen LogP contribution in [0.2, 0.25) is 0 Å². The van der Waals surface area contributed by atoms with Gasteiger partial charge in [0.25, 0.3) is 0 Å². The number of rotatable bonds is 4. The summed E-state index contributed by atoms with van der Waals surface area (Å²) < 4.78 is 0. The highest BCUT2D eigenvalue weighted by atomic mass is 16.3. The van der Waals surface area contributed by atoms with Crippen LogP contribution in [0.25, 0.3) is 0 Å². The highest BCUT2D eigenvalue weighted by Gasteiger charge is 2.26. The fourth-order valence-corrected chi connectivity index (χ4v) is 2.69. The Balaban J connectivity index is 1.90. The molecule has 1 aromatic carbocycles. The summed E-state index contributed by atoms with van der Waals surface area (Å²) in [5.41, 5.74) is 7.38. The summed E-state index contributed by atoms with van der Waals surface area (Å²) in [4.78, 5) is 2.36. The molecule has 0 aliphatic carbocycles. The number of nitrogen functional groups attached to an aromatic ring is 1. The number of hydrogen-bond donors (Lipinski definition) is 2. The zero-order chi connectivity index (χ0) is 13.1. The molecule has 0 amide bonds. The normalized spacial score (nSPS) is 22.6. The lowest BCUT2D eigenvalue weighted by Gasteiger charge is -2.21. The molecule has 18 heavy (non-hydrogen) atoms. The molecular weight excluding hydrogens is 224 g/mol. The predicted octanol–water partition coefficient (Wildman–Crippen LogP) is 2.28. The molecule has 1 heterocycles. The molecule has 1 saturated heterocycles. The van der Waals surface area contributed by atoms with Gasteiger partial charge in [-0.15, -0.1) is 0 Å². The summed E-state index contributed by atoms with van der Waals surface area (Å²) in [6.45, 7) is 7.48. The average molecular weight is 248 g/mol. The number of β-amino-alcohol motifs (C(OH)–C–C–N with tert-alkyl or cyclic N) is 1. The first-order valence-electron chi connectivity index (χ1n) is 6.82. The molecule has 2 rings (SSSR count). The van der Waals surface area contributed by atoms with Gasteiger partial charge in [0.05, 0.1) is 6.10 Å². The van der Waals surface area contributed by atoms with Crippen molar-refractivity contribution in [2.45, 2.75) is 26.4 Å². The molecule has 3 nitrogen and oxygen atoms in total. The van der Waals surface area contributed by atoms with Crippen molar-refractivity contribution in [3.63, 3.8) is 0 Å². The Hall–Kier alpha value is -1.06. The van der Waals surface area contributed by atoms with E-state index in [9.17, 15) is 5.11 Å². The first-order valence-corrected chi connectivity index (χ1v) is 6.82. The third-order valence-electron chi connectivity index (χ3n) is 3.98. The molecule has 1 aromatic rings. The van der Waals surface area contributed by atoms with Crippen molar-refractivity contribution >= 4 is 5.69 Å². The molecule has 0 spiro atoms. The molecule has 0 saturated carbocycles. The standard InChI is InChI=1S/C15H24N2O/c1-11(2)13-6-7-17(9-13)10-15(18)12-4-3-5-14(16)8-12/h3-5,8,11,13,15,18H,6-7,9-10,16H2,1-2H3. The second-order valence-electron chi connectivity index (χ2n) is 5.74. The summed E-state index contributed by atoms with van der Waals surface area (Å²) in [6, 6.07) is 7.55. The van der Waals surface area contributed by atoms with Crippen molar-refractivity contribution in [1.82, 2.24) is 4.90 Å². The van der Waals surface area contributed by atoms with Crippen LogP contribution in [0.4, 0.5) is 5.69 Å². The third kappa shape index (κ3) is 3.24. The highest BCUT2D eigenvalue weighted by Crippen LogP contribution is 2.26. The maximum absolute atomic E-state index is 10.2. The largest absolute Gasteiger partial charge is 0.399 e. The first kappa shape index (κ1) is 13.4. The predicted molar refractivity (Wildman–Crippen MR) is 75.2 cm³/mol. The lowest BCUT2D eigenvalue weighted by atomic mass is 9.95. The van der Waals surface area contributed by atoms with Gasteiger partial charge in [0.1, 0.15) is 0 Å². The van der Waals surface area contributed by atoms with Gasteiger partial charge in [-0.1, -0.05) is 26.0 Å². The fourth-order valence-electron chi connectivity index (χ4n) is 2.69. The number of anilines is 1. The number of nitrogens with zero attached hydrogens (tertiary/aromatic N) is 1.